The van der Waals surface area contributed by atoms with E-state index in [9.17, 15) is 4.79 Å². The van der Waals surface area contributed by atoms with Gasteiger partial charge in [-0.25, -0.2) is 0 Å². The largest absolute Gasteiger partial charge is 0.339 e. The first-order valence-corrected chi connectivity index (χ1v) is 9.33. The van der Waals surface area contributed by atoms with Crippen LogP contribution in [0.15, 0.2) is 42.5 Å². The molecular weight excluding hydrogens is 296 g/mol. The van der Waals surface area contributed by atoms with E-state index < -0.39 is 0 Å². The summed E-state index contributed by atoms with van der Waals surface area (Å²) in [4.78, 5) is 16.3. The first-order chi connectivity index (χ1) is 11.5. The molecule has 1 aromatic rings. The number of hydrogen-bond donors (Lipinski definition) is 1. The fourth-order valence-corrected chi connectivity index (χ4v) is 3.74. The molecule has 1 N–H and O–H groups in total. The Morgan fingerprint density at radius 2 is 1.92 bits per heavy atom. The first-order valence-electron chi connectivity index (χ1n) is 9.33. The van der Waals surface area contributed by atoms with Crippen molar-refractivity contribution >= 4 is 5.91 Å². The molecule has 0 unspecified atom stereocenters. The van der Waals surface area contributed by atoms with Crippen LogP contribution in [0.5, 0.6) is 0 Å². The van der Waals surface area contributed by atoms with Gasteiger partial charge in [-0.05, 0) is 19.4 Å². The van der Waals surface area contributed by atoms with Gasteiger partial charge in [-0.1, -0.05) is 49.4 Å². The smallest absolute Gasteiger partial charge is 0.226 e. The zero-order valence-corrected chi connectivity index (χ0v) is 15.6. The van der Waals surface area contributed by atoms with Crippen molar-refractivity contribution in [1.82, 2.24) is 4.90 Å². The lowest BCUT2D eigenvalue weighted by atomic mass is 9.93. The third-order valence-electron chi connectivity index (χ3n) is 5.16. The molecule has 1 heterocycles. The van der Waals surface area contributed by atoms with E-state index in [1.807, 2.05) is 11.8 Å². The van der Waals surface area contributed by atoms with Gasteiger partial charge in [0.05, 0.1) is 19.6 Å². The summed E-state index contributed by atoms with van der Waals surface area (Å²) >= 11 is 0. The Hall–Kier alpha value is -1.61. The molecule has 0 bridgehead atoms. The van der Waals surface area contributed by atoms with Gasteiger partial charge in [-0.3, -0.25) is 4.79 Å². The predicted octanol–water partition coefficient (Wildman–Crippen LogP) is 2.51. The van der Waals surface area contributed by atoms with Gasteiger partial charge in [0.1, 0.15) is 0 Å². The average Bonchev–Trinajstić information content (AvgIpc) is 2.60. The number of hydrogen-bond acceptors (Lipinski definition) is 1. The molecule has 1 saturated heterocycles. The molecular formula is C21H33N2O+. The number of quaternary nitrogens is 1. The quantitative estimate of drug-likeness (QED) is 0.764. The standard InChI is InChI=1S/C21H32N2O/c1-5-23(15-17(2)3)21(24)20-11-13-22(14-12-20)16-18(4)19-9-7-6-8-10-19/h6-10,18,20H,2,5,11-16H2,1,3-4H3/p+1/t18-/m1/s1. The van der Waals surface area contributed by atoms with Crippen molar-refractivity contribution in [1.29, 1.82) is 0 Å². The molecule has 3 heteroatoms. The fourth-order valence-electron chi connectivity index (χ4n) is 3.74. The highest BCUT2D eigenvalue weighted by molar-refractivity contribution is 5.79. The van der Waals surface area contributed by atoms with E-state index in [1.165, 1.54) is 5.56 Å². The molecule has 132 valence electrons. The van der Waals surface area contributed by atoms with Gasteiger partial charge in [0, 0.05) is 37.8 Å². The van der Waals surface area contributed by atoms with Gasteiger partial charge in [-0.15, -0.1) is 0 Å². The van der Waals surface area contributed by atoms with Crippen molar-refractivity contribution < 1.29 is 9.69 Å². The maximum Gasteiger partial charge on any atom is 0.226 e. The first kappa shape index (κ1) is 18.7. The fraction of sp³-hybridized carbons (Fsp3) is 0.571. The lowest BCUT2D eigenvalue weighted by Crippen LogP contribution is -3.13. The molecule has 1 fully saturated rings. The third kappa shape index (κ3) is 5.20. The van der Waals surface area contributed by atoms with Crippen LogP contribution in [0.4, 0.5) is 0 Å². The second-order valence-electron chi connectivity index (χ2n) is 7.35. The number of rotatable bonds is 7. The van der Waals surface area contributed by atoms with Crippen molar-refractivity contribution in [2.75, 3.05) is 32.7 Å². The number of carbonyl (C=O) groups excluding carboxylic acids is 1. The van der Waals surface area contributed by atoms with Crippen LogP contribution < -0.4 is 4.90 Å². The van der Waals surface area contributed by atoms with Crippen LogP contribution in [-0.2, 0) is 4.79 Å². The molecule has 3 nitrogen and oxygen atoms in total. The van der Waals surface area contributed by atoms with Crippen molar-refractivity contribution in [3.8, 4) is 0 Å². The molecule has 1 aromatic carbocycles. The Bertz CT molecular complexity index is 532. The minimum absolute atomic E-state index is 0.208. The highest BCUT2D eigenvalue weighted by atomic mass is 16.2. The van der Waals surface area contributed by atoms with Crippen molar-refractivity contribution in [2.45, 2.75) is 39.5 Å². The zero-order valence-electron chi connectivity index (χ0n) is 15.6. The Morgan fingerprint density at radius 1 is 1.29 bits per heavy atom. The predicted molar refractivity (Wildman–Crippen MR) is 100 cm³/mol. The number of piperidine rings is 1. The summed E-state index contributed by atoms with van der Waals surface area (Å²) in [6.07, 6.45) is 2.03. The Kier molecular flexibility index (Phi) is 7.04. The molecule has 2 rings (SSSR count). The summed E-state index contributed by atoms with van der Waals surface area (Å²) in [5.74, 6) is 1.11. The topological polar surface area (TPSA) is 24.8 Å². The average molecular weight is 330 g/mol. The van der Waals surface area contributed by atoms with E-state index in [4.69, 9.17) is 0 Å². The lowest BCUT2D eigenvalue weighted by molar-refractivity contribution is -0.907. The summed E-state index contributed by atoms with van der Waals surface area (Å²) in [6.45, 7) is 15.2. The van der Waals surface area contributed by atoms with E-state index >= 15 is 0 Å². The number of carbonyl (C=O) groups is 1. The third-order valence-corrected chi connectivity index (χ3v) is 5.16. The number of likely N-dealkylation sites (tertiary alicyclic amines) is 1. The van der Waals surface area contributed by atoms with Crippen LogP contribution >= 0.6 is 0 Å². The summed E-state index contributed by atoms with van der Waals surface area (Å²) in [7, 11) is 0. The van der Waals surface area contributed by atoms with Crippen molar-refractivity contribution in [3.63, 3.8) is 0 Å². The van der Waals surface area contributed by atoms with Crippen LogP contribution in [-0.4, -0.2) is 43.5 Å². The van der Waals surface area contributed by atoms with E-state index in [2.05, 4.69) is 50.8 Å². The molecule has 1 amide bonds. The molecule has 0 radical (unpaired) electrons. The van der Waals surface area contributed by atoms with Gasteiger partial charge in [-0.2, -0.15) is 0 Å². The molecule has 0 aliphatic carbocycles. The normalized spacial score (nSPS) is 22.0. The van der Waals surface area contributed by atoms with Crippen LogP contribution in [0.1, 0.15) is 45.1 Å². The molecule has 0 aromatic heterocycles. The molecule has 0 spiro atoms. The second kappa shape index (κ2) is 9.03. The minimum Gasteiger partial charge on any atom is -0.339 e. The van der Waals surface area contributed by atoms with E-state index in [0.29, 0.717) is 18.4 Å². The number of nitrogens with zero attached hydrogens (tertiary/aromatic N) is 1. The van der Waals surface area contributed by atoms with Crippen LogP contribution in [0, 0.1) is 5.92 Å². The molecule has 1 aliphatic heterocycles. The summed E-state index contributed by atoms with van der Waals surface area (Å²) < 4.78 is 0. The van der Waals surface area contributed by atoms with Gasteiger partial charge in [0.25, 0.3) is 0 Å². The number of amides is 1. The van der Waals surface area contributed by atoms with Gasteiger partial charge < -0.3 is 9.80 Å². The Labute approximate surface area is 147 Å². The lowest BCUT2D eigenvalue weighted by Gasteiger charge is -2.33. The maximum atomic E-state index is 12.7. The van der Waals surface area contributed by atoms with Crippen molar-refractivity contribution in [2.24, 2.45) is 5.92 Å². The highest BCUT2D eigenvalue weighted by Crippen LogP contribution is 2.16. The van der Waals surface area contributed by atoms with Gasteiger partial charge in [0.2, 0.25) is 5.91 Å². The van der Waals surface area contributed by atoms with Gasteiger partial charge >= 0.3 is 0 Å². The summed E-state index contributed by atoms with van der Waals surface area (Å²) in [5, 5.41) is 0. The van der Waals surface area contributed by atoms with Crippen molar-refractivity contribution in [3.05, 3.63) is 48.0 Å². The zero-order chi connectivity index (χ0) is 17.5. The molecule has 1 atom stereocenters. The number of nitrogens with one attached hydrogen (secondary N) is 1. The molecule has 1 aliphatic rings. The van der Waals surface area contributed by atoms with Crippen LogP contribution in [0.25, 0.3) is 0 Å². The molecule has 0 saturated carbocycles. The minimum atomic E-state index is 0.208. The van der Waals surface area contributed by atoms with E-state index in [-0.39, 0.29) is 5.92 Å². The monoisotopic (exact) mass is 329 g/mol. The number of likely N-dealkylation sites (N-methyl/N-ethyl adjacent to an activating group) is 1. The highest BCUT2D eigenvalue weighted by Gasteiger charge is 2.30. The summed E-state index contributed by atoms with van der Waals surface area (Å²) in [5.41, 5.74) is 2.48. The van der Waals surface area contributed by atoms with Gasteiger partial charge in [0.15, 0.2) is 0 Å². The number of benzene rings is 1. The van der Waals surface area contributed by atoms with Crippen LogP contribution in [0.2, 0.25) is 0 Å². The second-order valence-corrected chi connectivity index (χ2v) is 7.35. The summed E-state index contributed by atoms with van der Waals surface area (Å²) in [6, 6.07) is 10.7. The van der Waals surface area contributed by atoms with E-state index in [0.717, 1.165) is 44.6 Å². The Balaban J connectivity index is 1.82. The molecule has 24 heavy (non-hydrogen) atoms. The van der Waals surface area contributed by atoms with Crippen LogP contribution in [0.3, 0.4) is 0 Å². The SMILES string of the molecule is C=C(C)CN(CC)C(=O)C1CC[NH+](C[C@@H](C)c2ccccc2)CC1. The van der Waals surface area contributed by atoms with E-state index in [1.54, 1.807) is 4.90 Å². The Morgan fingerprint density at radius 3 is 2.46 bits per heavy atom. The maximum absolute atomic E-state index is 12.7.